The summed E-state index contributed by atoms with van der Waals surface area (Å²) in [6.07, 6.45) is 2.80. The van der Waals surface area contributed by atoms with Crippen molar-refractivity contribution >= 4 is 31.5 Å². The zero-order valence-electron chi connectivity index (χ0n) is 8.82. The van der Waals surface area contributed by atoms with E-state index in [2.05, 4.69) is 37.1 Å². The van der Waals surface area contributed by atoms with Crippen molar-refractivity contribution in [3.63, 3.8) is 0 Å². The molecule has 0 heterocycles. The summed E-state index contributed by atoms with van der Waals surface area (Å²) in [4.78, 5) is 0. The van der Waals surface area contributed by atoms with Gasteiger partial charge < -0.3 is 46.4 Å². The smallest absolute Gasteiger partial charge is 1.00 e. The number of rotatable bonds is 4. The SMILES string of the molecule is CC[CH2][Al+][CH2]CC.C[CH2][Al+2].[Br-].[Br-].[Cl-]. The third-order valence-corrected chi connectivity index (χ3v) is 2.96. The second-order valence-electron chi connectivity index (χ2n) is 2.27. The van der Waals surface area contributed by atoms with E-state index in [1.54, 1.807) is 0 Å². The molecule has 0 aromatic rings. The Kier molecular flexibility index (Phi) is 83.3. The van der Waals surface area contributed by atoms with E-state index in [1.165, 1.54) is 28.7 Å². The minimum absolute atomic E-state index is 0. The summed E-state index contributed by atoms with van der Waals surface area (Å²) in [5.41, 5.74) is 0. The summed E-state index contributed by atoms with van der Waals surface area (Å²) < 4.78 is 0. The van der Waals surface area contributed by atoms with Crippen LogP contribution in [0.3, 0.4) is 0 Å². The van der Waals surface area contributed by atoms with Crippen molar-refractivity contribution in [2.45, 2.75) is 49.5 Å². The van der Waals surface area contributed by atoms with Gasteiger partial charge in [-0.1, -0.05) is 0 Å². The third-order valence-electron chi connectivity index (χ3n) is 0.986. The van der Waals surface area contributed by atoms with Crippen LogP contribution in [0.4, 0.5) is 0 Å². The topological polar surface area (TPSA) is 0 Å². The Labute approximate surface area is 126 Å². The standard InChI is InChI=1S/2C3H7.C2H5.2Al.2BrH.ClH/c2*1-3-2;1-2;;;;;/h2*1,3H2,2H3;1H2,2H3;;;3*1H/q;;;+1;+2;;;/p-3. The molecule has 0 N–H and O–H groups in total. The van der Waals surface area contributed by atoms with Crippen LogP contribution in [0, 0.1) is 0 Å². The van der Waals surface area contributed by atoms with Crippen molar-refractivity contribution in [3.05, 3.63) is 0 Å². The Morgan fingerprint density at radius 1 is 0.923 bits per heavy atom. The molecule has 0 nitrogen and oxygen atoms in total. The molecule has 0 aromatic heterocycles. The fourth-order valence-electron chi connectivity index (χ4n) is 0.553. The van der Waals surface area contributed by atoms with Gasteiger partial charge in [-0.05, 0) is 0 Å². The molecule has 0 bridgehead atoms. The van der Waals surface area contributed by atoms with Crippen molar-refractivity contribution in [1.29, 1.82) is 0 Å². The summed E-state index contributed by atoms with van der Waals surface area (Å²) in [7, 11) is 0. The van der Waals surface area contributed by atoms with E-state index >= 15 is 0 Å². The van der Waals surface area contributed by atoms with Crippen LogP contribution in [-0.4, -0.2) is 31.5 Å². The van der Waals surface area contributed by atoms with Crippen molar-refractivity contribution in [3.8, 4) is 0 Å². The Bertz CT molecular complexity index is 47.1. The molecule has 0 aromatic carbocycles. The minimum Gasteiger partial charge on any atom is -1.00 e. The van der Waals surface area contributed by atoms with E-state index in [1.807, 2.05) is 0 Å². The number of hydrogen-bond donors (Lipinski definition) is 0. The fraction of sp³-hybridized carbons (Fsp3) is 1.00. The summed E-state index contributed by atoms with van der Waals surface area (Å²) in [6.45, 7) is 6.62. The molecule has 0 spiro atoms. The monoisotopic (exact) mass is 362 g/mol. The van der Waals surface area contributed by atoms with Gasteiger partial charge in [-0.3, -0.25) is 0 Å². The van der Waals surface area contributed by atoms with Crippen LogP contribution < -0.4 is 46.4 Å². The van der Waals surface area contributed by atoms with Gasteiger partial charge in [0.2, 0.25) is 0 Å². The Hall–Kier alpha value is 2.31. The van der Waals surface area contributed by atoms with Gasteiger partial charge in [0.05, 0.1) is 0 Å². The second-order valence-corrected chi connectivity index (χ2v) is 4.82. The zero-order chi connectivity index (χ0) is 8.24. The molecule has 0 aliphatic carbocycles. The fourth-order valence-corrected chi connectivity index (χ4v) is 1.66. The summed E-state index contributed by atoms with van der Waals surface area (Å²) in [5, 5.41) is 4.18. The summed E-state index contributed by atoms with van der Waals surface area (Å²) in [5.74, 6) is 0. The molecule has 0 saturated heterocycles. The van der Waals surface area contributed by atoms with Crippen LogP contribution in [0.25, 0.3) is 0 Å². The molecule has 0 aliphatic heterocycles. The average Bonchev–Trinajstić information content (AvgIpc) is 1.91. The van der Waals surface area contributed by atoms with Crippen LogP contribution in [0.1, 0.15) is 33.6 Å². The van der Waals surface area contributed by atoms with Crippen molar-refractivity contribution in [2.24, 2.45) is 0 Å². The van der Waals surface area contributed by atoms with Crippen LogP contribution in [0.5, 0.6) is 0 Å². The minimum atomic E-state index is 0. The Morgan fingerprint density at radius 2 is 1.15 bits per heavy atom. The van der Waals surface area contributed by atoms with Gasteiger partial charge >= 0.3 is 81.0 Å². The average molecular weight is 364 g/mol. The largest absolute Gasteiger partial charge is 1.00 e. The predicted octanol–water partition coefficient (Wildman–Crippen LogP) is -6.05. The first-order valence-corrected chi connectivity index (χ1v) is 6.80. The van der Waals surface area contributed by atoms with E-state index in [4.69, 9.17) is 0 Å². The maximum atomic E-state index is 2.58. The molecular weight excluding hydrogens is 345 g/mol. The molecule has 5 heteroatoms. The maximum absolute atomic E-state index is 2.58. The molecule has 0 fully saturated rings. The first-order chi connectivity index (χ1) is 4.83. The van der Waals surface area contributed by atoms with Crippen LogP contribution in [-0.2, 0) is 0 Å². The Morgan fingerprint density at radius 3 is 1.31 bits per heavy atom. The molecule has 0 unspecified atom stereocenters. The maximum Gasteiger partial charge on any atom is -1.00 e. The van der Waals surface area contributed by atoms with Crippen molar-refractivity contribution in [2.75, 3.05) is 0 Å². The van der Waals surface area contributed by atoms with Crippen LogP contribution in [0.15, 0.2) is 0 Å². The second kappa shape index (κ2) is 36.7. The van der Waals surface area contributed by atoms with Gasteiger partial charge in [0.1, 0.15) is 0 Å². The van der Waals surface area contributed by atoms with Crippen molar-refractivity contribution in [1.82, 2.24) is 0 Å². The Balaban J connectivity index is -0.0000000320. The molecule has 0 amide bonds. The van der Waals surface area contributed by atoms with Gasteiger partial charge in [0, 0.05) is 0 Å². The molecular formula is C8H19Al2Br2Cl. The van der Waals surface area contributed by atoms with E-state index in [9.17, 15) is 0 Å². The molecule has 0 aliphatic rings. The van der Waals surface area contributed by atoms with Gasteiger partial charge in [-0.25, -0.2) is 0 Å². The normalized spacial score (nSPS) is 5.92. The third kappa shape index (κ3) is 54.4. The number of hydrogen-bond acceptors (Lipinski definition) is 0. The van der Waals surface area contributed by atoms with E-state index in [0.29, 0.717) is 0 Å². The first-order valence-electron chi connectivity index (χ1n) is 4.35. The molecule has 13 heavy (non-hydrogen) atoms. The van der Waals surface area contributed by atoms with Gasteiger partial charge in [0.25, 0.3) is 0 Å². The quantitative estimate of drug-likeness (QED) is 0.344. The predicted molar refractivity (Wildman–Crippen MR) is 52.2 cm³/mol. The van der Waals surface area contributed by atoms with Gasteiger partial charge in [0.15, 0.2) is 0 Å². The summed E-state index contributed by atoms with van der Waals surface area (Å²) >= 11 is 3.40. The van der Waals surface area contributed by atoms with Gasteiger partial charge in [-0.15, -0.1) is 0 Å². The van der Waals surface area contributed by atoms with Crippen molar-refractivity contribution < 1.29 is 46.4 Å². The number of halogens is 3. The van der Waals surface area contributed by atoms with E-state index in [0.717, 1.165) is 15.2 Å². The van der Waals surface area contributed by atoms with E-state index in [-0.39, 0.29) is 46.4 Å². The molecule has 0 saturated carbocycles. The summed E-state index contributed by atoms with van der Waals surface area (Å²) in [6, 6.07) is 0. The van der Waals surface area contributed by atoms with Crippen LogP contribution >= 0.6 is 0 Å². The molecule has 0 rings (SSSR count). The first kappa shape index (κ1) is 29.5. The van der Waals surface area contributed by atoms with E-state index < -0.39 is 0 Å². The molecule has 78 valence electrons. The zero-order valence-corrected chi connectivity index (χ0v) is 15.1. The van der Waals surface area contributed by atoms with Gasteiger partial charge in [-0.2, -0.15) is 0 Å². The molecule has 0 radical (unpaired) electrons. The molecule has 0 atom stereocenters. The van der Waals surface area contributed by atoms with Crippen LogP contribution in [0.2, 0.25) is 15.8 Å².